The van der Waals surface area contributed by atoms with Crippen molar-refractivity contribution in [3.8, 4) is 10.4 Å². The van der Waals surface area contributed by atoms with Crippen LogP contribution in [0.3, 0.4) is 0 Å². The molecule has 4 rings (SSSR count). The molecule has 1 amide bonds. The molecule has 0 unspecified atom stereocenters. The van der Waals surface area contributed by atoms with Gasteiger partial charge in [0.1, 0.15) is 17.0 Å². The molecule has 8 heteroatoms. The first-order valence-corrected chi connectivity index (χ1v) is 10.8. The fraction of sp³-hybridized carbons (Fsp3) is 0.273. The average Bonchev–Trinajstić information content (AvgIpc) is 3.45. The van der Waals surface area contributed by atoms with E-state index in [0.717, 1.165) is 33.9 Å². The Morgan fingerprint density at radius 2 is 2.10 bits per heavy atom. The van der Waals surface area contributed by atoms with Crippen molar-refractivity contribution in [2.24, 2.45) is 0 Å². The van der Waals surface area contributed by atoms with Gasteiger partial charge in [-0.1, -0.05) is 30.3 Å². The summed E-state index contributed by atoms with van der Waals surface area (Å²) in [6, 6.07) is 12.4. The van der Waals surface area contributed by atoms with Crippen LogP contribution in [0.25, 0.3) is 20.7 Å². The molecular formula is C22H24N6OS. The predicted molar refractivity (Wildman–Crippen MR) is 121 cm³/mol. The lowest BCUT2D eigenvalue weighted by Gasteiger charge is -2.18. The van der Waals surface area contributed by atoms with Gasteiger partial charge in [-0.05, 0) is 18.1 Å². The Morgan fingerprint density at radius 1 is 1.23 bits per heavy atom. The Bertz CT molecular complexity index is 1090. The molecule has 3 aromatic heterocycles. The second-order valence-electron chi connectivity index (χ2n) is 7.07. The zero-order chi connectivity index (χ0) is 20.8. The van der Waals surface area contributed by atoms with Crippen molar-refractivity contribution in [3.63, 3.8) is 0 Å². The van der Waals surface area contributed by atoms with Gasteiger partial charge in [-0.2, -0.15) is 0 Å². The smallest absolute Gasteiger partial charge is 0.221 e. The molecule has 0 saturated carbocycles. The van der Waals surface area contributed by atoms with Crippen molar-refractivity contribution in [2.75, 3.05) is 25.0 Å². The molecular weight excluding hydrogens is 396 g/mol. The van der Waals surface area contributed by atoms with Crippen LogP contribution < -0.4 is 10.2 Å². The highest BCUT2D eigenvalue weighted by Gasteiger charge is 2.14. The largest absolute Gasteiger partial charge is 0.359 e. The first-order valence-electron chi connectivity index (χ1n) is 9.94. The molecule has 1 N–H and O–H groups in total. The number of carbonyl (C=O) groups excluding carboxylic acids is 1. The van der Waals surface area contributed by atoms with Crippen LogP contribution in [0.15, 0.2) is 61.4 Å². The van der Waals surface area contributed by atoms with E-state index < -0.39 is 0 Å². The third-order valence-corrected chi connectivity index (χ3v) is 5.97. The fourth-order valence-corrected chi connectivity index (χ4v) is 4.26. The second kappa shape index (κ2) is 9.49. The van der Waals surface area contributed by atoms with Crippen molar-refractivity contribution in [3.05, 3.63) is 61.4 Å². The number of carbonyl (C=O) groups is 1. The minimum Gasteiger partial charge on any atom is -0.359 e. The van der Waals surface area contributed by atoms with Crippen LogP contribution in [-0.4, -0.2) is 45.6 Å². The topological polar surface area (TPSA) is 75.9 Å². The number of benzene rings is 1. The Hall–Kier alpha value is -3.26. The van der Waals surface area contributed by atoms with Crippen LogP contribution in [0.2, 0.25) is 0 Å². The van der Waals surface area contributed by atoms with Gasteiger partial charge < -0.3 is 14.8 Å². The lowest BCUT2D eigenvalue weighted by molar-refractivity contribution is -0.120. The predicted octanol–water partition coefficient (Wildman–Crippen LogP) is 3.59. The number of imidazole rings is 1. The monoisotopic (exact) mass is 420 g/mol. The molecule has 0 aliphatic rings. The molecule has 7 nitrogen and oxygen atoms in total. The molecule has 3 heterocycles. The Kier molecular flexibility index (Phi) is 6.34. The summed E-state index contributed by atoms with van der Waals surface area (Å²) in [7, 11) is 1.97. The number of anilines is 1. The van der Waals surface area contributed by atoms with E-state index in [0.29, 0.717) is 19.5 Å². The van der Waals surface area contributed by atoms with Crippen LogP contribution >= 0.6 is 11.3 Å². The highest BCUT2D eigenvalue weighted by Crippen LogP contribution is 2.35. The summed E-state index contributed by atoms with van der Waals surface area (Å²) in [5.74, 6) is 0.902. The van der Waals surface area contributed by atoms with Gasteiger partial charge in [-0.25, -0.2) is 15.0 Å². The minimum atomic E-state index is 0.0491. The maximum absolute atomic E-state index is 12.2. The summed E-state index contributed by atoms with van der Waals surface area (Å²) >= 11 is 1.66. The van der Waals surface area contributed by atoms with Gasteiger partial charge in [0.15, 0.2) is 0 Å². The summed E-state index contributed by atoms with van der Waals surface area (Å²) in [4.78, 5) is 29.3. The average molecular weight is 421 g/mol. The van der Waals surface area contributed by atoms with Crippen molar-refractivity contribution in [2.45, 2.75) is 19.4 Å². The SMILES string of the molecule is CN(CCC(=O)NCCCn1ccnc1)c1ncnc2sc(-c3ccccc3)cc12. The molecule has 0 aliphatic heterocycles. The van der Waals surface area contributed by atoms with E-state index in [1.807, 2.05) is 40.9 Å². The normalized spacial score (nSPS) is 11.0. The van der Waals surface area contributed by atoms with Crippen LogP contribution in [0.4, 0.5) is 5.82 Å². The number of fused-ring (bicyclic) bond motifs is 1. The van der Waals surface area contributed by atoms with Crippen molar-refractivity contribution >= 4 is 33.3 Å². The van der Waals surface area contributed by atoms with Gasteiger partial charge in [-0.15, -0.1) is 11.3 Å². The van der Waals surface area contributed by atoms with Crippen molar-refractivity contribution in [1.29, 1.82) is 0 Å². The molecule has 0 atom stereocenters. The first-order chi connectivity index (χ1) is 14.7. The number of hydrogen-bond donors (Lipinski definition) is 1. The van der Waals surface area contributed by atoms with Crippen LogP contribution in [-0.2, 0) is 11.3 Å². The number of rotatable bonds is 9. The molecule has 4 aromatic rings. The Morgan fingerprint density at radius 3 is 2.90 bits per heavy atom. The second-order valence-corrected chi connectivity index (χ2v) is 8.10. The number of aromatic nitrogens is 4. The molecule has 0 radical (unpaired) electrons. The van der Waals surface area contributed by atoms with E-state index in [9.17, 15) is 4.79 Å². The summed E-state index contributed by atoms with van der Waals surface area (Å²) < 4.78 is 2.00. The molecule has 0 saturated heterocycles. The van der Waals surface area contributed by atoms with E-state index in [-0.39, 0.29) is 5.91 Å². The number of nitrogens with one attached hydrogen (secondary N) is 1. The van der Waals surface area contributed by atoms with Crippen molar-refractivity contribution in [1.82, 2.24) is 24.8 Å². The molecule has 1 aromatic carbocycles. The van der Waals surface area contributed by atoms with E-state index in [1.54, 1.807) is 30.2 Å². The lowest BCUT2D eigenvalue weighted by atomic mass is 10.2. The lowest BCUT2D eigenvalue weighted by Crippen LogP contribution is -2.30. The van der Waals surface area contributed by atoms with E-state index in [1.165, 1.54) is 5.56 Å². The molecule has 0 bridgehead atoms. The van der Waals surface area contributed by atoms with E-state index in [2.05, 4.69) is 38.5 Å². The van der Waals surface area contributed by atoms with Gasteiger partial charge >= 0.3 is 0 Å². The first kappa shape index (κ1) is 20.0. The van der Waals surface area contributed by atoms with Gasteiger partial charge in [0, 0.05) is 50.4 Å². The molecule has 30 heavy (non-hydrogen) atoms. The summed E-state index contributed by atoms with van der Waals surface area (Å²) in [5.41, 5.74) is 1.17. The molecule has 154 valence electrons. The van der Waals surface area contributed by atoms with Crippen LogP contribution in [0.1, 0.15) is 12.8 Å². The van der Waals surface area contributed by atoms with E-state index in [4.69, 9.17) is 0 Å². The summed E-state index contributed by atoms with van der Waals surface area (Å²) in [6.45, 7) is 2.10. The Labute approximate surface area is 179 Å². The zero-order valence-electron chi connectivity index (χ0n) is 16.9. The number of amides is 1. The maximum atomic E-state index is 12.2. The Balaban J connectivity index is 1.33. The fourth-order valence-electron chi connectivity index (χ4n) is 3.26. The highest BCUT2D eigenvalue weighted by molar-refractivity contribution is 7.21. The molecule has 0 spiro atoms. The number of nitrogens with zero attached hydrogens (tertiary/aromatic N) is 5. The third kappa shape index (κ3) is 4.83. The van der Waals surface area contributed by atoms with Gasteiger partial charge in [0.25, 0.3) is 0 Å². The van der Waals surface area contributed by atoms with Gasteiger partial charge in [0.2, 0.25) is 5.91 Å². The molecule has 0 aliphatic carbocycles. The summed E-state index contributed by atoms with van der Waals surface area (Å²) in [6.07, 6.45) is 8.36. The van der Waals surface area contributed by atoms with Gasteiger partial charge in [0.05, 0.1) is 11.7 Å². The van der Waals surface area contributed by atoms with Crippen molar-refractivity contribution < 1.29 is 4.79 Å². The summed E-state index contributed by atoms with van der Waals surface area (Å²) in [5, 5.41) is 4.00. The van der Waals surface area contributed by atoms with Crippen LogP contribution in [0.5, 0.6) is 0 Å². The third-order valence-electron chi connectivity index (χ3n) is 4.88. The van der Waals surface area contributed by atoms with Gasteiger partial charge in [-0.3, -0.25) is 4.79 Å². The highest BCUT2D eigenvalue weighted by atomic mass is 32.1. The number of hydrogen-bond acceptors (Lipinski definition) is 6. The minimum absolute atomic E-state index is 0.0491. The standard InChI is InChI=1S/C22H24N6OS/c1-27(12-8-20(29)24-9-5-11-28-13-10-23-16-28)21-18-14-19(17-6-3-2-4-7-17)30-22(18)26-15-25-21/h2-4,6-7,10,13-16H,5,8-9,11-12H2,1H3,(H,24,29). The number of thiophene rings is 1. The zero-order valence-corrected chi connectivity index (χ0v) is 17.7. The van der Waals surface area contributed by atoms with Crippen LogP contribution in [0, 0.1) is 0 Å². The maximum Gasteiger partial charge on any atom is 0.221 e. The number of aryl methyl sites for hydroxylation is 1. The molecule has 0 fully saturated rings. The van der Waals surface area contributed by atoms with E-state index >= 15 is 0 Å². The quantitative estimate of drug-likeness (QED) is 0.419.